The topological polar surface area (TPSA) is 69.6 Å². The van der Waals surface area contributed by atoms with E-state index in [1.807, 2.05) is 30.3 Å². The molecule has 0 atom stereocenters. The normalized spacial score (nSPS) is 11.9. The van der Waals surface area contributed by atoms with Crippen LogP contribution in [0.1, 0.15) is 5.56 Å². The average molecular weight is 423 g/mol. The van der Waals surface area contributed by atoms with Gasteiger partial charge in [0.1, 0.15) is 22.8 Å². The van der Waals surface area contributed by atoms with Gasteiger partial charge >= 0.3 is 0 Å². The minimum Gasteiger partial charge on any atom is -0.495 e. The molecule has 0 spiro atoms. The molecule has 3 aromatic rings. The number of thiazole rings is 1. The Morgan fingerprint density at radius 2 is 1.87 bits per heavy atom. The van der Waals surface area contributed by atoms with Crippen LogP contribution in [0.2, 0.25) is 0 Å². The second-order valence-electron chi connectivity index (χ2n) is 6.28. The maximum Gasteiger partial charge on any atom is 0.268 e. The Morgan fingerprint density at radius 3 is 2.60 bits per heavy atom. The second kappa shape index (κ2) is 9.76. The smallest absolute Gasteiger partial charge is 0.268 e. The number of carbonyl (C=O) groups is 1. The van der Waals surface area contributed by atoms with Gasteiger partial charge in [0.25, 0.3) is 11.5 Å². The molecule has 0 aliphatic heterocycles. The van der Waals surface area contributed by atoms with Crippen LogP contribution in [0.4, 0.5) is 5.69 Å². The lowest BCUT2D eigenvalue weighted by atomic mass is 10.2. The number of para-hydroxylation sites is 3. The molecule has 0 fully saturated rings. The van der Waals surface area contributed by atoms with Crippen LogP contribution < -0.4 is 29.5 Å². The van der Waals surface area contributed by atoms with Gasteiger partial charge in [0.15, 0.2) is 0 Å². The molecule has 0 radical (unpaired) electrons. The molecule has 0 unspecified atom stereocenters. The summed E-state index contributed by atoms with van der Waals surface area (Å²) < 4.78 is 13.4. The van der Waals surface area contributed by atoms with Crippen LogP contribution in [0.5, 0.6) is 11.5 Å². The van der Waals surface area contributed by atoms with Crippen molar-refractivity contribution in [3.63, 3.8) is 0 Å². The van der Waals surface area contributed by atoms with Gasteiger partial charge in [-0.1, -0.05) is 43.0 Å². The summed E-state index contributed by atoms with van der Waals surface area (Å²) in [6, 6.07) is 14.6. The summed E-state index contributed by atoms with van der Waals surface area (Å²) in [7, 11) is 3.18. The van der Waals surface area contributed by atoms with Crippen molar-refractivity contribution in [2.45, 2.75) is 0 Å². The number of hydrogen-bond acceptors (Lipinski definition) is 5. The first kappa shape index (κ1) is 21.1. The number of amides is 1. The summed E-state index contributed by atoms with van der Waals surface area (Å²) in [4.78, 5) is 25.2. The van der Waals surface area contributed by atoms with E-state index in [4.69, 9.17) is 9.47 Å². The third-order valence-corrected chi connectivity index (χ3v) is 5.36. The lowest BCUT2D eigenvalue weighted by molar-refractivity contribution is -0.110. The molecular weight excluding hydrogens is 400 g/mol. The van der Waals surface area contributed by atoms with Gasteiger partial charge in [-0.2, -0.15) is 0 Å². The van der Waals surface area contributed by atoms with Gasteiger partial charge in [-0.05, 0) is 24.3 Å². The SMILES string of the molecule is C=CCOc1ccccc1/C=c1\s/c(=C\C(=O)Nc2ccccc2OC)n(C)c1=O. The molecule has 6 nitrogen and oxygen atoms in total. The quantitative estimate of drug-likeness (QED) is 0.593. The number of hydrogen-bond donors (Lipinski definition) is 1. The number of rotatable bonds is 7. The highest BCUT2D eigenvalue weighted by Gasteiger charge is 2.07. The minimum atomic E-state index is -0.349. The third kappa shape index (κ3) is 4.87. The van der Waals surface area contributed by atoms with Gasteiger partial charge in [0.2, 0.25) is 0 Å². The molecule has 0 saturated carbocycles. The molecule has 1 aromatic heterocycles. The van der Waals surface area contributed by atoms with Gasteiger partial charge in [-0.25, -0.2) is 0 Å². The zero-order valence-electron chi connectivity index (χ0n) is 16.8. The summed E-state index contributed by atoms with van der Waals surface area (Å²) in [6.45, 7) is 4.02. The predicted molar refractivity (Wildman–Crippen MR) is 121 cm³/mol. The standard InChI is InChI=1S/C23H22N2O4S/c1-4-13-29-18-11-7-5-9-16(18)14-20-23(27)25(2)22(30-20)15-21(26)24-17-10-6-8-12-19(17)28-3/h4-12,14-15H,1,13H2,2-3H3,(H,24,26)/b20-14-,22-15-. The van der Waals surface area contributed by atoms with E-state index in [0.717, 1.165) is 5.56 Å². The van der Waals surface area contributed by atoms with E-state index < -0.39 is 0 Å². The number of anilines is 1. The molecule has 0 bridgehead atoms. The highest BCUT2D eigenvalue weighted by molar-refractivity contribution is 7.07. The largest absolute Gasteiger partial charge is 0.495 e. The molecule has 0 saturated heterocycles. The molecular formula is C23H22N2O4S. The Bertz CT molecular complexity index is 1240. The van der Waals surface area contributed by atoms with Crippen molar-refractivity contribution in [2.24, 2.45) is 7.05 Å². The summed E-state index contributed by atoms with van der Waals surface area (Å²) in [6.07, 6.45) is 4.82. The van der Waals surface area contributed by atoms with Gasteiger partial charge in [-0.15, -0.1) is 11.3 Å². The van der Waals surface area contributed by atoms with Crippen molar-refractivity contribution < 1.29 is 14.3 Å². The molecule has 30 heavy (non-hydrogen) atoms. The Balaban J connectivity index is 1.96. The van der Waals surface area contributed by atoms with Crippen molar-refractivity contribution in [2.75, 3.05) is 19.0 Å². The van der Waals surface area contributed by atoms with E-state index in [-0.39, 0.29) is 11.5 Å². The molecule has 154 valence electrons. The molecule has 1 heterocycles. The molecule has 1 amide bonds. The van der Waals surface area contributed by atoms with Crippen molar-refractivity contribution >= 4 is 35.1 Å². The number of benzene rings is 2. The zero-order valence-corrected chi connectivity index (χ0v) is 17.6. The van der Waals surface area contributed by atoms with Crippen molar-refractivity contribution in [3.8, 4) is 11.5 Å². The van der Waals surface area contributed by atoms with Gasteiger partial charge in [0, 0.05) is 18.7 Å². The Kier molecular flexibility index (Phi) is 6.87. The van der Waals surface area contributed by atoms with E-state index in [0.29, 0.717) is 33.0 Å². The van der Waals surface area contributed by atoms with Gasteiger partial charge < -0.3 is 19.4 Å². The number of ether oxygens (including phenoxy) is 2. The summed E-state index contributed by atoms with van der Waals surface area (Å²) in [5.74, 6) is 0.870. The Labute approximate surface area is 178 Å². The van der Waals surface area contributed by atoms with Crippen LogP contribution in [0.15, 0.2) is 66.0 Å². The molecule has 1 N–H and O–H groups in total. The Morgan fingerprint density at radius 1 is 1.17 bits per heavy atom. The average Bonchev–Trinajstić information content (AvgIpc) is 3.01. The highest BCUT2D eigenvalue weighted by atomic mass is 32.1. The van der Waals surface area contributed by atoms with E-state index >= 15 is 0 Å². The lowest BCUT2D eigenvalue weighted by Gasteiger charge is -2.07. The first-order valence-corrected chi connectivity index (χ1v) is 10.0. The number of methoxy groups -OCH3 is 1. The van der Waals surface area contributed by atoms with Crippen molar-refractivity contribution in [3.05, 3.63) is 86.3 Å². The summed E-state index contributed by atoms with van der Waals surface area (Å²) in [5.41, 5.74) is 1.15. The van der Waals surface area contributed by atoms with Crippen LogP contribution in [-0.4, -0.2) is 24.2 Å². The molecule has 2 aromatic carbocycles. The van der Waals surface area contributed by atoms with Crippen LogP contribution in [0.3, 0.4) is 0 Å². The van der Waals surface area contributed by atoms with E-state index in [1.165, 1.54) is 29.1 Å². The number of carbonyl (C=O) groups excluding carboxylic acids is 1. The number of nitrogens with one attached hydrogen (secondary N) is 1. The first-order chi connectivity index (χ1) is 14.5. The van der Waals surface area contributed by atoms with Crippen molar-refractivity contribution in [1.29, 1.82) is 0 Å². The third-order valence-electron chi connectivity index (χ3n) is 4.24. The van der Waals surface area contributed by atoms with Crippen molar-refractivity contribution in [1.82, 2.24) is 4.57 Å². The maximum absolute atomic E-state index is 12.7. The van der Waals surface area contributed by atoms with Gasteiger partial charge in [-0.3, -0.25) is 9.59 Å². The molecule has 7 heteroatoms. The minimum absolute atomic E-state index is 0.185. The fraction of sp³-hybridized carbons (Fsp3) is 0.130. The summed E-state index contributed by atoms with van der Waals surface area (Å²) in [5, 5.41) is 2.78. The van der Waals surface area contributed by atoms with Crippen LogP contribution in [0, 0.1) is 0 Å². The highest BCUT2D eigenvalue weighted by Crippen LogP contribution is 2.22. The molecule has 3 rings (SSSR count). The van der Waals surface area contributed by atoms with Crippen LogP contribution >= 0.6 is 11.3 Å². The summed E-state index contributed by atoms with van der Waals surface area (Å²) >= 11 is 1.23. The van der Waals surface area contributed by atoms with E-state index in [9.17, 15) is 9.59 Å². The fourth-order valence-corrected chi connectivity index (χ4v) is 3.78. The zero-order chi connectivity index (χ0) is 21.5. The number of aromatic nitrogens is 1. The second-order valence-corrected chi connectivity index (χ2v) is 7.35. The van der Waals surface area contributed by atoms with Crippen LogP contribution in [0.25, 0.3) is 12.2 Å². The number of nitrogens with zero attached hydrogens (tertiary/aromatic N) is 1. The predicted octanol–water partition coefficient (Wildman–Crippen LogP) is 2.27. The lowest BCUT2D eigenvalue weighted by Crippen LogP contribution is -2.29. The van der Waals surface area contributed by atoms with Crippen LogP contribution in [-0.2, 0) is 11.8 Å². The van der Waals surface area contributed by atoms with E-state index in [2.05, 4.69) is 11.9 Å². The van der Waals surface area contributed by atoms with Gasteiger partial charge in [0.05, 0.1) is 17.3 Å². The fourth-order valence-electron chi connectivity index (χ4n) is 2.76. The maximum atomic E-state index is 12.7. The monoisotopic (exact) mass is 422 g/mol. The molecule has 0 aliphatic rings. The van der Waals surface area contributed by atoms with E-state index in [1.54, 1.807) is 37.4 Å². The first-order valence-electron chi connectivity index (χ1n) is 9.19. The molecule has 0 aliphatic carbocycles. The Hall–Kier alpha value is -3.58.